The number of nitrogens with zero attached hydrogens (tertiary/aromatic N) is 3. The first-order chi connectivity index (χ1) is 15.9. The van der Waals surface area contributed by atoms with E-state index < -0.39 is 0 Å². The maximum Gasteiger partial charge on any atom is 0.261 e. The van der Waals surface area contributed by atoms with E-state index in [1.165, 1.54) is 43.4 Å². The van der Waals surface area contributed by atoms with Gasteiger partial charge in [-0.15, -0.1) is 0 Å². The van der Waals surface area contributed by atoms with Gasteiger partial charge in [0, 0.05) is 34.1 Å². The van der Waals surface area contributed by atoms with Gasteiger partial charge in [-0.25, -0.2) is 0 Å². The summed E-state index contributed by atoms with van der Waals surface area (Å²) >= 11 is 0. The highest BCUT2D eigenvalue weighted by atomic mass is 16.2. The van der Waals surface area contributed by atoms with E-state index >= 15 is 0 Å². The van der Waals surface area contributed by atoms with Crippen molar-refractivity contribution in [3.05, 3.63) is 41.5 Å². The van der Waals surface area contributed by atoms with Crippen LogP contribution in [0.3, 0.4) is 0 Å². The monoisotopic (exact) mass is 450 g/mol. The summed E-state index contributed by atoms with van der Waals surface area (Å²) in [7, 11) is 4.54. The molecule has 2 aliphatic rings. The molecule has 4 rings (SSSR count). The van der Waals surface area contributed by atoms with Crippen LogP contribution in [-0.2, 0) is 0 Å². The number of likely N-dealkylation sites (N-methyl/N-ethyl adjacent to an activating group) is 1. The average molecular weight is 451 g/mol. The molecule has 5 heteroatoms. The standard InChI is InChI=1S/C28H40N3O2/c1-4-5-6-7-8-9-10-11-17-30-27(32)23-14-12-13-22-25(16-15-24(26(22)23)28(30)33)29-18-20-31(2,3)21-19-29/h12-16H,4-11,17-21H2,1-3H3/q+1. The summed E-state index contributed by atoms with van der Waals surface area (Å²) in [5.74, 6) is -0.260. The molecule has 2 aromatic rings. The fraction of sp³-hybridized carbons (Fsp3) is 0.571. The van der Waals surface area contributed by atoms with Crippen LogP contribution in [0.15, 0.2) is 30.3 Å². The van der Waals surface area contributed by atoms with Crippen molar-refractivity contribution < 1.29 is 14.1 Å². The SMILES string of the molecule is CCCCCCCCCCN1C(=O)c2cccc3c(N4CC[N+](C)(C)CC4)ccc(c23)C1=O. The van der Waals surface area contributed by atoms with Crippen molar-refractivity contribution in [1.82, 2.24) is 4.90 Å². The number of rotatable bonds is 10. The molecule has 2 aliphatic heterocycles. The molecule has 0 bridgehead atoms. The molecular weight excluding hydrogens is 410 g/mol. The molecule has 1 fully saturated rings. The lowest BCUT2D eigenvalue weighted by molar-refractivity contribution is -0.890. The third kappa shape index (κ3) is 5.08. The van der Waals surface area contributed by atoms with E-state index in [4.69, 9.17) is 0 Å². The number of quaternary nitrogens is 1. The zero-order valence-electron chi connectivity index (χ0n) is 20.7. The molecule has 5 nitrogen and oxygen atoms in total. The Hall–Kier alpha value is -2.40. The molecule has 0 atom stereocenters. The number of piperazine rings is 1. The average Bonchev–Trinajstić information content (AvgIpc) is 2.81. The highest BCUT2D eigenvalue weighted by Crippen LogP contribution is 2.36. The van der Waals surface area contributed by atoms with Gasteiger partial charge in [0.2, 0.25) is 0 Å². The Kier molecular flexibility index (Phi) is 7.38. The first-order valence-electron chi connectivity index (χ1n) is 12.9. The maximum absolute atomic E-state index is 13.3. The quantitative estimate of drug-likeness (QED) is 0.274. The molecule has 0 saturated carbocycles. The second-order valence-electron chi connectivity index (χ2n) is 10.5. The minimum atomic E-state index is -0.130. The summed E-state index contributed by atoms with van der Waals surface area (Å²) in [4.78, 5) is 30.5. The van der Waals surface area contributed by atoms with Crippen LogP contribution < -0.4 is 4.90 Å². The smallest absolute Gasteiger partial charge is 0.261 e. The molecule has 0 unspecified atom stereocenters. The van der Waals surface area contributed by atoms with E-state index in [9.17, 15) is 9.59 Å². The highest BCUT2D eigenvalue weighted by molar-refractivity contribution is 6.26. The van der Waals surface area contributed by atoms with Crippen molar-refractivity contribution in [2.24, 2.45) is 0 Å². The minimum absolute atomic E-state index is 0.130. The third-order valence-corrected chi connectivity index (χ3v) is 7.50. The molecule has 2 aromatic carbocycles. The van der Waals surface area contributed by atoms with Gasteiger partial charge in [0.05, 0.1) is 40.3 Å². The molecular formula is C28H40N3O2+. The summed E-state index contributed by atoms with van der Waals surface area (Å²) in [6.45, 7) is 6.90. The molecule has 178 valence electrons. The van der Waals surface area contributed by atoms with Crippen LogP contribution in [0.1, 0.15) is 79.0 Å². The number of carbonyl (C=O) groups excluding carboxylic acids is 2. The predicted molar refractivity (Wildman–Crippen MR) is 136 cm³/mol. The highest BCUT2D eigenvalue weighted by Gasteiger charge is 2.34. The number of benzene rings is 2. The van der Waals surface area contributed by atoms with Crippen molar-refractivity contribution in [1.29, 1.82) is 0 Å². The molecule has 0 radical (unpaired) electrons. The summed E-state index contributed by atoms with van der Waals surface area (Å²) < 4.78 is 1.03. The Labute approximate surface area is 198 Å². The fourth-order valence-electron chi connectivity index (χ4n) is 5.26. The zero-order valence-corrected chi connectivity index (χ0v) is 20.7. The van der Waals surface area contributed by atoms with E-state index in [0.717, 1.165) is 60.0 Å². The van der Waals surface area contributed by atoms with Crippen LogP contribution in [0.2, 0.25) is 0 Å². The lowest BCUT2D eigenvalue weighted by Crippen LogP contribution is -2.55. The van der Waals surface area contributed by atoms with E-state index in [1.807, 2.05) is 18.2 Å². The van der Waals surface area contributed by atoms with Gasteiger partial charge in [-0.05, 0) is 24.6 Å². The molecule has 1 saturated heterocycles. The van der Waals surface area contributed by atoms with Crippen LogP contribution in [0.5, 0.6) is 0 Å². The molecule has 33 heavy (non-hydrogen) atoms. The van der Waals surface area contributed by atoms with Gasteiger partial charge in [0.15, 0.2) is 0 Å². The van der Waals surface area contributed by atoms with Crippen LogP contribution in [0.25, 0.3) is 10.8 Å². The van der Waals surface area contributed by atoms with Crippen LogP contribution in [-0.4, -0.2) is 68.0 Å². The van der Waals surface area contributed by atoms with E-state index in [2.05, 4.69) is 38.1 Å². The first-order valence-corrected chi connectivity index (χ1v) is 12.9. The number of anilines is 1. The normalized spacial score (nSPS) is 17.8. The lowest BCUT2D eigenvalue weighted by Gasteiger charge is -2.40. The van der Waals surface area contributed by atoms with E-state index in [1.54, 1.807) is 0 Å². The van der Waals surface area contributed by atoms with Crippen molar-refractivity contribution in [3.63, 3.8) is 0 Å². The Balaban J connectivity index is 1.47. The molecule has 2 amide bonds. The zero-order chi connectivity index (χ0) is 23.4. The largest absolute Gasteiger partial charge is 0.360 e. The van der Waals surface area contributed by atoms with Crippen molar-refractivity contribution in [2.75, 3.05) is 51.7 Å². The number of amides is 2. The van der Waals surface area contributed by atoms with Gasteiger partial charge in [0.1, 0.15) is 0 Å². The second-order valence-corrected chi connectivity index (χ2v) is 10.5. The number of hydrogen-bond acceptors (Lipinski definition) is 3. The molecule has 0 spiro atoms. The van der Waals surface area contributed by atoms with Crippen LogP contribution in [0, 0.1) is 0 Å². The fourth-order valence-corrected chi connectivity index (χ4v) is 5.26. The first kappa shape index (κ1) is 23.7. The topological polar surface area (TPSA) is 40.6 Å². The summed E-state index contributed by atoms with van der Waals surface area (Å²) in [5, 5.41) is 1.88. The van der Waals surface area contributed by atoms with Gasteiger partial charge in [-0.2, -0.15) is 0 Å². The van der Waals surface area contributed by atoms with Crippen molar-refractivity contribution in [2.45, 2.75) is 58.3 Å². The number of hydrogen-bond donors (Lipinski definition) is 0. The third-order valence-electron chi connectivity index (χ3n) is 7.50. The lowest BCUT2D eigenvalue weighted by atomic mass is 9.92. The molecule has 0 N–H and O–H groups in total. The molecule has 0 aromatic heterocycles. The Morgan fingerprint density at radius 3 is 2.06 bits per heavy atom. The number of imide groups is 1. The summed E-state index contributed by atoms with van der Waals surface area (Å²) in [5.41, 5.74) is 2.50. The van der Waals surface area contributed by atoms with Crippen molar-refractivity contribution in [3.8, 4) is 0 Å². The summed E-state index contributed by atoms with van der Waals surface area (Å²) in [6, 6.07) is 9.97. The maximum atomic E-state index is 13.3. The van der Waals surface area contributed by atoms with Gasteiger partial charge < -0.3 is 9.38 Å². The Morgan fingerprint density at radius 2 is 1.39 bits per heavy atom. The van der Waals surface area contributed by atoms with E-state index in [0.29, 0.717) is 17.7 Å². The van der Waals surface area contributed by atoms with Crippen LogP contribution >= 0.6 is 0 Å². The minimum Gasteiger partial charge on any atom is -0.360 e. The van der Waals surface area contributed by atoms with Gasteiger partial charge in [-0.1, -0.05) is 64.0 Å². The summed E-state index contributed by atoms with van der Waals surface area (Å²) in [6.07, 6.45) is 9.58. The molecule has 2 heterocycles. The number of carbonyl (C=O) groups is 2. The van der Waals surface area contributed by atoms with Gasteiger partial charge in [-0.3, -0.25) is 14.5 Å². The van der Waals surface area contributed by atoms with Gasteiger partial charge in [0.25, 0.3) is 11.8 Å². The van der Waals surface area contributed by atoms with Gasteiger partial charge >= 0.3 is 0 Å². The predicted octanol–water partition coefficient (Wildman–Crippen LogP) is 5.47. The second kappa shape index (κ2) is 10.3. The molecule has 0 aliphatic carbocycles. The van der Waals surface area contributed by atoms with E-state index in [-0.39, 0.29) is 11.8 Å². The van der Waals surface area contributed by atoms with Crippen molar-refractivity contribution >= 4 is 28.3 Å². The Morgan fingerprint density at radius 1 is 0.788 bits per heavy atom. The Bertz CT molecular complexity index is 981. The number of unbranched alkanes of at least 4 members (excludes halogenated alkanes) is 7. The van der Waals surface area contributed by atoms with Crippen LogP contribution in [0.4, 0.5) is 5.69 Å².